The molecule has 0 amide bonds. The van der Waals surface area contributed by atoms with Gasteiger partial charge in [0.05, 0.1) is 0 Å². The maximum absolute atomic E-state index is 6.18. The summed E-state index contributed by atoms with van der Waals surface area (Å²) in [6.07, 6.45) is 7.84. The lowest BCUT2D eigenvalue weighted by Crippen LogP contribution is -2.43. The second-order valence-electron chi connectivity index (χ2n) is 9.49. The number of nitrogens with one attached hydrogen (secondary N) is 2. The molecule has 0 unspecified atom stereocenters. The van der Waals surface area contributed by atoms with Crippen molar-refractivity contribution in [3.63, 3.8) is 0 Å². The molecule has 35 heavy (non-hydrogen) atoms. The zero-order valence-electron chi connectivity index (χ0n) is 23.1. The van der Waals surface area contributed by atoms with Gasteiger partial charge in [-0.3, -0.25) is 0 Å². The van der Waals surface area contributed by atoms with Gasteiger partial charge in [0, 0.05) is 29.3 Å². The molecule has 4 N–H and O–H groups in total. The van der Waals surface area contributed by atoms with Crippen molar-refractivity contribution in [1.82, 2.24) is 10.6 Å². The van der Waals surface area contributed by atoms with E-state index in [2.05, 4.69) is 92.2 Å². The maximum Gasteiger partial charge on any atom is 0.0343 e. The van der Waals surface area contributed by atoms with E-state index in [0.29, 0.717) is 6.04 Å². The van der Waals surface area contributed by atoms with Crippen LogP contribution in [0.5, 0.6) is 0 Å². The molecule has 1 aliphatic rings. The molecule has 1 fully saturated rings. The monoisotopic (exact) mass is 477 g/mol. The lowest BCUT2D eigenvalue weighted by Gasteiger charge is -2.40. The molecule has 1 aliphatic carbocycles. The van der Waals surface area contributed by atoms with Gasteiger partial charge in [0.25, 0.3) is 0 Å². The van der Waals surface area contributed by atoms with Gasteiger partial charge in [0.15, 0.2) is 0 Å². The van der Waals surface area contributed by atoms with Gasteiger partial charge < -0.3 is 16.4 Å². The number of hydrogen-bond acceptors (Lipinski definition) is 3. The lowest BCUT2D eigenvalue weighted by molar-refractivity contribution is 0.268. The van der Waals surface area contributed by atoms with E-state index >= 15 is 0 Å². The van der Waals surface area contributed by atoms with Crippen LogP contribution >= 0.6 is 0 Å². The van der Waals surface area contributed by atoms with Gasteiger partial charge in [-0.2, -0.15) is 0 Å². The third-order valence-corrected chi connectivity index (χ3v) is 6.77. The second kappa shape index (κ2) is 17.1. The van der Waals surface area contributed by atoms with Gasteiger partial charge in [-0.05, 0) is 76.6 Å². The summed E-state index contributed by atoms with van der Waals surface area (Å²) in [5, 5.41) is 6.74. The summed E-state index contributed by atoms with van der Waals surface area (Å²) in [6, 6.07) is 19.8. The zero-order chi connectivity index (χ0) is 26.1. The Labute approximate surface area is 216 Å². The highest BCUT2D eigenvalue weighted by molar-refractivity contribution is 5.65. The van der Waals surface area contributed by atoms with Crippen molar-refractivity contribution in [1.29, 1.82) is 0 Å². The van der Waals surface area contributed by atoms with Crippen LogP contribution in [0.1, 0.15) is 82.9 Å². The molecule has 2 aromatic carbocycles. The molecule has 0 spiro atoms. The Balaban J connectivity index is 0.000000523. The van der Waals surface area contributed by atoms with Crippen LogP contribution < -0.4 is 16.4 Å². The molecule has 0 radical (unpaired) electrons. The lowest BCUT2D eigenvalue weighted by atomic mass is 9.68. The Hall–Kier alpha value is -2.36. The van der Waals surface area contributed by atoms with Gasteiger partial charge in [0.1, 0.15) is 0 Å². The first-order valence-electron chi connectivity index (χ1n) is 13.5. The van der Waals surface area contributed by atoms with Gasteiger partial charge in [-0.1, -0.05) is 87.5 Å². The molecule has 0 bridgehead atoms. The minimum absolute atomic E-state index is 0.154. The van der Waals surface area contributed by atoms with E-state index < -0.39 is 0 Å². The molecule has 0 heterocycles. The first-order valence-corrected chi connectivity index (χ1v) is 13.5. The van der Waals surface area contributed by atoms with Crippen molar-refractivity contribution < 1.29 is 0 Å². The summed E-state index contributed by atoms with van der Waals surface area (Å²) in [6.45, 7) is 18.4. The molecular weight excluding hydrogens is 426 g/mol. The first-order chi connectivity index (χ1) is 16.9. The summed E-state index contributed by atoms with van der Waals surface area (Å²) < 4.78 is 0. The summed E-state index contributed by atoms with van der Waals surface area (Å²) in [5.74, 6) is 0. The Bertz CT molecular complexity index is 848. The minimum Gasteiger partial charge on any atom is -0.384 e. The number of allylic oxidation sites excluding steroid dienone is 1. The van der Waals surface area contributed by atoms with Crippen molar-refractivity contribution >= 4 is 5.70 Å². The third kappa shape index (κ3) is 10.4. The average molecular weight is 478 g/mol. The molecular formula is C32H51N3. The predicted molar refractivity (Wildman–Crippen MR) is 157 cm³/mol. The van der Waals surface area contributed by atoms with E-state index in [1.807, 2.05) is 20.9 Å². The molecule has 0 saturated heterocycles. The van der Waals surface area contributed by atoms with E-state index in [9.17, 15) is 0 Å². The van der Waals surface area contributed by atoms with Crippen LogP contribution in [0.4, 0.5) is 0 Å². The summed E-state index contributed by atoms with van der Waals surface area (Å²) in [4.78, 5) is 0. The van der Waals surface area contributed by atoms with Crippen LogP contribution in [0.15, 0.2) is 73.3 Å². The van der Waals surface area contributed by atoms with Crippen molar-refractivity contribution in [3.8, 4) is 0 Å². The first kappa shape index (κ1) is 30.7. The van der Waals surface area contributed by atoms with E-state index in [4.69, 9.17) is 5.73 Å². The number of rotatable bonds is 10. The Kier molecular flexibility index (Phi) is 15.0. The molecule has 1 saturated carbocycles. The fourth-order valence-electron chi connectivity index (χ4n) is 4.61. The molecule has 0 aromatic heterocycles. The van der Waals surface area contributed by atoms with Crippen LogP contribution in [-0.2, 0) is 11.8 Å². The SMILES string of the molecule is C=C(C)CCCNC.C=C(NCC1(c2ccccc2)CCC(N)CC1)c1ccccc1CC.CC. The predicted octanol–water partition coefficient (Wildman–Crippen LogP) is 7.24. The van der Waals surface area contributed by atoms with Crippen LogP contribution in [0.3, 0.4) is 0 Å². The fourth-order valence-corrected chi connectivity index (χ4v) is 4.61. The maximum atomic E-state index is 6.18. The van der Waals surface area contributed by atoms with Crippen molar-refractivity contribution in [2.24, 2.45) is 5.73 Å². The summed E-state index contributed by atoms with van der Waals surface area (Å²) >= 11 is 0. The van der Waals surface area contributed by atoms with E-state index in [-0.39, 0.29) is 5.41 Å². The molecule has 0 atom stereocenters. The van der Waals surface area contributed by atoms with Gasteiger partial charge in [0.2, 0.25) is 0 Å². The van der Waals surface area contributed by atoms with E-state index in [1.165, 1.54) is 28.7 Å². The number of hydrogen-bond donors (Lipinski definition) is 3. The van der Waals surface area contributed by atoms with Gasteiger partial charge in [-0.25, -0.2) is 0 Å². The Morgan fingerprint density at radius 2 is 1.60 bits per heavy atom. The van der Waals surface area contributed by atoms with Gasteiger partial charge in [-0.15, -0.1) is 6.58 Å². The van der Waals surface area contributed by atoms with Crippen LogP contribution in [0.2, 0.25) is 0 Å². The quantitative estimate of drug-likeness (QED) is 0.250. The number of nitrogens with two attached hydrogens (primary N) is 1. The molecule has 2 aromatic rings. The fraction of sp³-hybridized carbons (Fsp3) is 0.500. The summed E-state index contributed by atoms with van der Waals surface area (Å²) in [7, 11) is 1.97. The molecule has 194 valence electrons. The largest absolute Gasteiger partial charge is 0.384 e. The molecule has 0 aliphatic heterocycles. The van der Waals surface area contributed by atoms with E-state index in [1.54, 1.807) is 0 Å². The molecule has 3 nitrogen and oxygen atoms in total. The molecule has 3 rings (SSSR count). The minimum atomic E-state index is 0.154. The average Bonchev–Trinajstić information content (AvgIpc) is 2.90. The van der Waals surface area contributed by atoms with Crippen LogP contribution in [-0.4, -0.2) is 26.2 Å². The van der Waals surface area contributed by atoms with Crippen LogP contribution in [0.25, 0.3) is 5.70 Å². The summed E-state index contributed by atoms with van der Waals surface area (Å²) in [5.41, 5.74) is 12.6. The topological polar surface area (TPSA) is 50.1 Å². The highest BCUT2D eigenvalue weighted by atomic mass is 14.9. The number of benzene rings is 2. The van der Waals surface area contributed by atoms with E-state index in [0.717, 1.165) is 57.3 Å². The van der Waals surface area contributed by atoms with Crippen molar-refractivity contribution in [3.05, 3.63) is 90.0 Å². The normalized spacial score (nSPS) is 18.9. The molecule has 3 heteroatoms. The highest BCUT2D eigenvalue weighted by Gasteiger charge is 2.35. The van der Waals surface area contributed by atoms with Gasteiger partial charge >= 0.3 is 0 Å². The van der Waals surface area contributed by atoms with Crippen LogP contribution in [0, 0.1) is 0 Å². The Morgan fingerprint density at radius 1 is 1.00 bits per heavy atom. The number of aryl methyl sites for hydroxylation is 1. The Morgan fingerprint density at radius 3 is 2.17 bits per heavy atom. The standard InChI is InChI=1S/C23H30N2.C7H15N.C2H6/c1-3-19-9-7-8-12-22(19)18(2)25-17-23(15-13-21(24)14-16-23)20-10-5-4-6-11-20;1-7(2)5-4-6-8-3;1-2/h4-12,21,25H,2-3,13-17,24H2,1H3;8H,1,4-6H2,2-3H3;1-2H3. The third-order valence-electron chi connectivity index (χ3n) is 6.77. The van der Waals surface area contributed by atoms with Crippen molar-refractivity contribution in [2.45, 2.75) is 84.1 Å². The second-order valence-corrected chi connectivity index (χ2v) is 9.49. The highest BCUT2D eigenvalue weighted by Crippen LogP contribution is 2.39. The van der Waals surface area contributed by atoms with Crippen molar-refractivity contribution in [2.75, 3.05) is 20.1 Å². The smallest absolute Gasteiger partial charge is 0.0343 e. The zero-order valence-corrected chi connectivity index (χ0v) is 23.1.